The molecule has 34 heavy (non-hydrogen) atoms. The van der Waals surface area contributed by atoms with Crippen LogP contribution in [0.5, 0.6) is 0 Å². The topological polar surface area (TPSA) is 94.5 Å². The van der Waals surface area contributed by atoms with Gasteiger partial charge in [-0.2, -0.15) is 5.26 Å². The first-order chi connectivity index (χ1) is 16.6. The second-order valence-corrected chi connectivity index (χ2v) is 9.56. The summed E-state index contributed by atoms with van der Waals surface area (Å²) in [6, 6.07) is 16.2. The number of piperidine rings is 1. The molecule has 2 bridgehead atoms. The van der Waals surface area contributed by atoms with Gasteiger partial charge in [-0.25, -0.2) is 0 Å². The fourth-order valence-corrected chi connectivity index (χ4v) is 5.57. The van der Waals surface area contributed by atoms with Gasteiger partial charge in [0, 0.05) is 31.8 Å². The highest BCUT2D eigenvalue weighted by Gasteiger charge is 2.43. The molecule has 1 aliphatic carbocycles. The average molecular weight is 459 g/mol. The summed E-state index contributed by atoms with van der Waals surface area (Å²) in [6.07, 6.45) is 4.20. The third kappa shape index (κ3) is 4.44. The number of nitrogens with one attached hydrogen (secondary N) is 2. The first-order valence-corrected chi connectivity index (χ1v) is 12.0. The van der Waals surface area contributed by atoms with E-state index < -0.39 is 6.04 Å². The summed E-state index contributed by atoms with van der Waals surface area (Å²) >= 11 is 0. The Labute approximate surface area is 200 Å². The zero-order valence-electron chi connectivity index (χ0n) is 19.4. The van der Waals surface area contributed by atoms with E-state index in [-0.39, 0.29) is 17.9 Å². The number of benzene rings is 2. The van der Waals surface area contributed by atoms with Gasteiger partial charge in [0.2, 0.25) is 11.8 Å². The number of nitrogens with zero attached hydrogens (tertiary/aromatic N) is 2. The molecule has 3 aliphatic rings. The minimum atomic E-state index is -0.556. The summed E-state index contributed by atoms with van der Waals surface area (Å²) < 4.78 is 5.16. The lowest BCUT2D eigenvalue weighted by Crippen LogP contribution is -2.50. The van der Waals surface area contributed by atoms with Crippen molar-refractivity contribution >= 4 is 17.5 Å². The van der Waals surface area contributed by atoms with Gasteiger partial charge in [-0.3, -0.25) is 9.59 Å². The molecular weight excluding hydrogens is 428 g/mol. The van der Waals surface area contributed by atoms with Crippen LogP contribution >= 0.6 is 0 Å². The largest absolute Gasteiger partial charge is 0.383 e. The second-order valence-electron chi connectivity index (χ2n) is 9.56. The molecule has 0 spiro atoms. The van der Waals surface area contributed by atoms with Crippen molar-refractivity contribution in [2.24, 2.45) is 5.92 Å². The van der Waals surface area contributed by atoms with E-state index in [0.717, 1.165) is 47.2 Å². The maximum Gasteiger partial charge on any atom is 0.238 e. The normalized spacial score (nSPS) is 23.6. The van der Waals surface area contributed by atoms with Crippen LogP contribution in [0.4, 0.5) is 5.69 Å². The van der Waals surface area contributed by atoms with Crippen LogP contribution in [0.1, 0.15) is 30.4 Å². The highest BCUT2D eigenvalue weighted by molar-refractivity contribution is 6.02. The van der Waals surface area contributed by atoms with E-state index in [0.29, 0.717) is 38.0 Å². The summed E-state index contributed by atoms with van der Waals surface area (Å²) in [4.78, 5) is 26.8. The highest BCUT2D eigenvalue weighted by Crippen LogP contribution is 2.35. The molecule has 2 aromatic rings. The molecule has 0 radical (unpaired) electrons. The average Bonchev–Trinajstić information content (AvgIpc) is 3.56. The van der Waals surface area contributed by atoms with Crippen LogP contribution in [-0.2, 0) is 27.2 Å². The van der Waals surface area contributed by atoms with Crippen LogP contribution in [0.3, 0.4) is 0 Å². The van der Waals surface area contributed by atoms with E-state index in [4.69, 9.17) is 4.74 Å². The Morgan fingerprint density at radius 3 is 2.71 bits per heavy atom. The van der Waals surface area contributed by atoms with Crippen molar-refractivity contribution in [2.45, 2.75) is 50.2 Å². The molecule has 2 aromatic carbocycles. The van der Waals surface area contributed by atoms with Crippen molar-refractivity contribution in [1.29, 1.82) is 5.26 Å². The molecule has 1 saturated heterocycles. The molecule has 2 fully saturated rings. The number of carbonyl (C=O) groups excluding carboxylic acids is 2. The van der Waals surface area contributed by atoms with E-state index >= 15 is 0 Å². The van der Waals surface area contributed by atoms with Gasteiger partial charge in [-0.1, -0.05) is 36.4 Å². The maximum absolute atomic E-state index is 12.7. The fraction of sp³-hybridized carbons (Fsp3) is 0.444. The van der Waals surface area contributed by atoms with Crippen molar-refractivity contribution in [3.05, 3.63) is 53.6 Å². The molecule has 2 amide bonds. The highest BCUT2D eigenvalue weighted by atomic mass is 16.5. The zero-order valence-corrected chi connectivity index (χ0v) is 19.4. The molecule has 176 valence electrons. The molecule has 2 heterocycles. The van der Waals surface area contributed by atoms with E-state index in [9.17, 15) is 14.9 Å². The monoisotopic (exact) mass is 458 g/mol. The Bertz CT molecular complexity index is 1120. The quantitative estimate of drug-likeness (QED) is 0.634. The molecular formula is C27H30N4O3. The third-order valence-corrected chi connectivity index (χ3v) is 7.38. The first-order valence-electron chi connectivity index (χ1n) is 12.0. The van der Waals surface area contributed by atoms with Crippen molar-refractivity contribution in [2.75, 3.05) is 25.2 Å². The summed E-state index contributed by atoms with van der Waals surface area (Å²) in [7, 11) is 1.64. The van der Waals surface area contributed by atoms with Crippen LogP contribution in [-0.4, -0.2) is 50.2 Å². The number of anilines is 1. The van der Waals surface area contributed by atoms with Gasteiger partial charge in [0.1, 0.15) is 6.04 Å². The fourth-order valence-electron chi connectivity index (χ4n) is 5.57. The molecule has 2 aliphatic heterocycles. The maximum atomic E-state index is 12.7. The molecule has 0 unspecified atom stereocenters. The smallest absolute Gasteiger partial charge is 0.238 e. The van der Waals surface area contributed by atoms with E-state index in [1.54, 1.807) is 12.0 Å². The van der Waals surface area contributed by atoms with Crippen molar-refractivity contribution < 1.29 is 14.3 Å². The number of nitriles is 1. The zero-order chi connectivity index (χ0) is 23.7. The number of rotatable bonds is 8. The second kappa shape index (κ2) is 9.57. The first kappa shape index (κ1) is 22.6. The summed E-state index contributed by atoms with van der Waals surface area (Å²) in [5.41, 5.74) is 5.06. The number of hydrogen-bond donors (Lipinski definition) is 2. The van der Waals surface area contributed by atoms with Crippen LogP contribution in [0.15, 0.2) is 42.5 Å². The van der Waals surface area contributed by atoms with Crippen LogP contribution < -0.4 is 15.5 Å². The molecule has 2 N–H and O–H groups in total. The van der Waals surface area contributed by atoms with Gasteiger partial charge in [0.15, 0.2) is 0 Å². The van der Waals surface area contributed by atoms with Crippen molar-refractivity contribution in [3.63, 3.8) is 0 Å². The minimum absolute atomic E-state index is 0.0546. The number of methoxy groups -OCH3 is 1. The number of ether oxygens (including phenoxy) is 1. The number of fused-ring (bicyclic) bond motifs is 3. The molecule has 7 nitrogen and oxygen atoms in total. The van der Waals surface area contributed by atoms with Gasteiger partial charge in [0.25, 0.3) is 0 Å². The Morgan fingerprint density at radius 2 is 2.03 bits per heavy atom. The lowest BCUT2D eigenvalue weighted by atomic mass is 9.97. The Kier molecular flexibility index (Phi) is 6.36. The molecule has 1 saturated carbocycles. The lowest BCUT2D eigenvalue weighted by Gasteiger charge is -2.23. The van der Waals surface area contributed by atoms with Crippen molar-refractivity contribution in [1.82, 2.24) is 10.6 Å². The van der Waals surface area contributed by atoms with Crippen LogP contribution in [0.2, 0.25) is 0 Å². The SMILES string of the molecule is COCCN1C(=O)Cc2ccc(-c3ccc(C[C@@H](C#N)NC(=O)[C@H]4N[C@@H]5CC[C@H]4C5)cc3)cc21. The molecule has 0 aromatic heterocycles. The molecule has 4 atom stereocenters. The minimum Gasteiger partial charge on any atom is -0.383 e. The third-order valence-electron chi connectivity index (χ3n) is 7.38. The van der Waals surface area contributed by atoms with Gasteiger partial charge in [-0.05, 0) is 53.5 Å². The lowest BCUT2D eigenvalue weighted by molar-refractivity contribution is -0.124. The number of carbonyl (C=O) groups is 2. The summed E-state index contributed by atoms with van der Waals surface area (Å²) in [5.74, 6) is 0.447. The van der Waals surface area contributed by atoms with Gasteiger partial charge in [0.05, 0.1) is 25.1 Å². The standard InChI is InChI=1S/C27H30N4O3/c1-34-11-10-31-24-14-19(6-7-20(24)15-25(31)32)18-4-2-17(3-5-18)12-23(16-28)30-27(33)26-21-8-9-22(13-21)29-26/h2-7,14,21-23,26,29H,8-13,15H2,1H3,(H,30,33)/t21-,22+,23-,26-/m0/s1. The Hall–Kier alpha value is -3.21. The van der Waals surface area contributed by atoms with Crippen molar-refractivity contribution in [3.8, 4) is 17.2 Å². The van der Waals surface area contributed by atoms with E-state index in [2.05, 4.69) is 22.8 Å². The molecule has 5 rings (SSSR count). The van der Waals surface area contributed by atoms with Gasteiger partial charge >= 0.3 is 0 Å². The Balaban J connectivity index is 1.24. The molecule has 7 heteroatoms. The predicted molar refractivity (Wildman–Crippen MR) is 129 cm³/mol. The number of amides is 2. The van der Waals surface area contributed by atoms with E-state index in [1.165, 1.54) is 0 Å². The van der Waals surface area contributed by atoms with Gasteiger partial charge < -0.3 is 20.3 Å². The van der Waals surface area contributed by atoms with E-state index in [1.807, 2.05) is 36.4 Å². The number of hydrogen-bond acceptors (Lipinski definition) is 5. The Morgan fingerprint density at radius 1 is 1.24 bits per heavy atom. The van der Waals surface area contributed by atoms with Gasteiger partial charge in [-0.15, -0.1) is 0 Å². The summed E-state index contributed by atoms with van der Waals surface area (Å²) in [5, 5.41) is 15.9. The predicted octanol–water partition coefficient (Wildman–Crippen LogP) is 2.58. The van der Waals surface area contributed by atoms with Crippen LogP contribution in [0, 0.1) is 17.2 Å². The van der Waals surface area contributed by atoms with Crippen LogP contribution in [0.25, 0.3) is 11.1 Å². The summed E-state index contributed by atoms with van der Waals surface area (Å²) in [6.45, 7) is 1.04.